The molecule has 2 amide bonds. The van der Waals surface area contributed by atoms with E-state index >= 15 is 0 Å². The molecule has 7 nitrogen and oxygen atoms in total. The maximum absolute atomic E-state index is 14.5. The van der Waals surface area contributed by atoms with E-state index in [4.69, 9.17) is 16.3 Å². The summed E-state index contributed by atoms with van der Waals surface area (Å²) < 4.78 is 5.22. The molecular formula is C32H29ClN2O5S. The van der Waals surface area contributed by atoms with Crippen molar-refractivity contribution in [3.63, 3.8) is 0 Å². The second kappa shape index (κ2) is 11.4. The van der Waals surface area contributed by atoms with E-state index in [2.05, 4.69) is 5.32 Å². The first-order valence-electron chi connectivity index (χ1n) is 13.0. The molecular weight excluding hydrogens is 560 g/mol. The van der Waals surface area contributed by atoms with Crippen LogP contribution in [0.1, 0.15) is 45.2 Å². The molecule has 9 heteroatoms. The number of amides is 2. The maximum Gasteiger partial charge on any atom is 0.330 e. The van der Waals surface area contributed by atoms with Gasteiger partial charge in [-0.25, -0.2) is 9.59 Å². The average molecular weight is 589 g/mol. The molecule has 1 aromatic heterocycles. The number of benzene rings is 3. The molecule has 1 saturated heterocycles. The summed E-state index contributed by atoms with van der Waals surface area (Å²) >= 11 is 7.64. The van der Waals surface area contributed by atoms with E-state index in [1.54, 1.807) is 55.6 Å². The molecule has 3 aromatic carbocycles. The first-order valence-corrected chi connectivity index (χ1v) is 14.3. The Morgan fingerprint density at radius 1 is 1.00 bits per heavy atom. The molecule has 0 bridgehead atoms. The van der Waals surface area contributed by atoms with Crippen LogP contribution < -0.4 is 10.1 Å². The summed E-state index contributed by atoms with van der Waals surface area (Å²) in [5.41, 5.74) is 0.621. The highest BCUT2D eigenvalue weighted by molar-refractivity contribution is 7.10. The van der Waals surface area contributed by atoms with Gasteiger partial charge >= 0.3 is 12.0 Å². The number of nitrogens with zero attached hydrogens (tertiary/aromatic N) is 1. The summed E-state index contributed by atoms with van der Waals surface area (Å²) in [6.07, 6.45) is 0. The number of likely N-dealkylation sites (tertiary alicyclic amines) is 1. The zero-order valence-electron chi connectivity index (χ0n) is 22.7. The number of urea groups is 1. The van der Waals surface area contributed by atoms with Crippen molar-refractivity contribution in [3.05, 3.63) is 117 Å². The molecule has 2 heterocycles. The number of carbonyl (C=O) groups is 3. The number of carboxylic acids is 1. The largest absolute Gasteiger partial charge is 0.497 e. The highest BCUT2D eigenvalue weighted by atomic mass is 35.5. The van der Waals surface area contributed by atoms with Crippen LogP contribution in [0.15, 0.2) is 90.3 Å². The molecule has 1 aliphatic rings. The first kappa shape index (κ1) is 28.4. The fourth-order valence-electron chi connectivity index (χ4n) is 5.82. The van der Waals surface area contributed by atoms with Crippen molar-refractivity contribution in [1.82, 2.24) is 4.90 Å². The fraction of sp³-hybridized carbons (Fsp3) is 0.219. The molecule has 210 valence electrons. The molecule has 0 aliphatic carbocycles. The number of carboxylic acid groups (broad SMARTS) is 1. The van der Waals surface area contributed by atoms with Gasteiger partial charge in [0.1, 0.15) is 11.3 Å². The van der Waals surface area contributed by atoms with Gasteiger partial charge in [-0.05, 0) is 67.3 Å². The quantitative estimate of drug-likeness (QED) is 0.219. The van der Waals surface area contributed by atoms with E-state index in [0.29, 0.717) is 32.5 Å². The lowest BCUT2D eigenvalue weighted by molar-refractivity contribution is -0.148. The molecule has 4 atom stereocenters. The number of hydrogen-bond acceptors (Lipinski definition) is 5. The lowest BCUT2D eigenvalue weighted by atomic mass is 9.74. The minimum atomic E-state index is -1.78. The van der Waals surface area contributed by atoms with E-state index < -0.39 is 35.4 Å². The number of ketones is 1. The van der Waals surface area contributed by atoms with Gasteiger partial charge in [-0.2, -0.15) is 0 Å². The Balaban J connectivity index is 1.73. The van der Waals surface area contributed by atoms with Gasteiger partial charge in [-0.3, -0.25) is 9.69 Å². The lowest BCUT2D eigenvalue weighted by Crippen LogP contribution is -2.55. The summed E-state index contributed by atoms with van der Waals surface area (Å²) in [4.78, 5) is 44.0. The maximum atomic E-state index is 14.5. The second-order valence-electron chi connectivity index (χ2n) is 10.2. The highest BCUT2D eigenvalue weighted by Crippen LogP contribution is 2.57. The molecule has 2 N–H and O–H groups in total. The van der Waals surface area contributed by atoms with Crippen LogP contribution >= 0.6 is 22.9 Å². The van der Waals surface area contributed by atoms with Crippen molar-refractivity contribution in [2.75, 3.05) is 12.4 Å². The normalized spacial score (nSPS) is 21.9. The number of aliphatic carboxylic acids is 1. The number of anilines is 1. The van der Waals surface area contributed by atoms with Crippen LogP contribution in [0, 0.1) is 12.8 Å². The summed E-state index contributed by atoms with van der Waals surface area (Å²) in [6, 6.07) is 23.0. The van der Waals surface area contributed by atoms with Crippen molar-refractivity contribution < 1.29 is 24.2 Å². The van der Waals surface area contributed by atoms with Gasteiger partial charge in [0.2, 0.25) is 0 Å². The van der Waals surface area contributed by atoms with E-state index in [1.165, 1.54) is 23.2 Å². The number of nitrogens with one attached hydrogen (secondary N) is 1. The summed E-state index contributed by atoms with van der Waals surface area (Å²) in [5.74, 6) is -2.65. The standard InChI is InChI=1S/C32H29ClN2O5S/c1-19-7-4-8-20(17-19)28-26(29(36)21-9-5-10-22(33)18-21)27(25-11-6-16-41-25)32(2,30(37)38)35(28)31(39)34-23-12-14-24(40-3)15-13-23/h4-18,26-28H,1-3H3,(H,34,39)(H,37,38). The van der Waals surface area contributed by atoms with Crippen LogP contribution in [0.5, 0.6) is 5.75 Å². The Labute approximate surface area is 247 Å². The third-order valence-corrected chi connectivity index (χ3v) is 8.91. The van der Waals surface area contributed by atoms with Gasteiger partial charge in [-0.1, -0.05) is 59.6 Å². The van der Waals surface area contributed by atoms with E-state index in [0.717, 1.165) is 5.56 Å². The number of methoxy groups -OCH3 is 1. The van der Waals surface area contributed by atoms with Crippen LogP contribution in [-0.2, 0) is 4.79 Å². The van der Waals surface area contributed by atoms with Crippen molar-refractivity contribution in [2.45, 2.75) is 31.3 Å². The Kier molecular flexibility index (Phi) is 7.89. The minimum Gasteiger partial charge on any atom is -0.497 e. The van der Waals surface area contributed by atoms with Gasteiger partial charge in [-0.15, -0.1) is 11.3 Å². The molecule has 4 unspecified atom stereocenters. The Morgan fingerprint density at radius 2 is 1.73 bits per heavy atom. The van der Waals surface area contributed by atoms with Crippen LogP contribution in [0.3, 0.4) is 0 Å². The number of ether oxygens (including phenoxy) is 1. The van der Waals surface area contributed by atoms with Crippen molar-refractivity contribution in [3.8, 4) is 5.75 Å². The van der Waals surface area contributed by atoms with Gasteiger partial charge in [0.25, 0.3) is 0 Å². The van der Waals surface area contributed by atoms with Gasteiger partial charge in [0.05, 0.1) is 19.1 Å². The number of aryl methyl sites for hydroxylation is 1. The van der Waals surface area contributed by atoms with E-state index in [-0.39, 0.29) is 5.78 Å². The van der Waals surface area contributed by atoms with E-state index in [9.17, 15) is 19.5 Å². The Morgan fingerprint density at radius 3 is 2.34 bits per heavy atom. The Hall–Kier alpha value is -4.14. The van der Waals surface area contributed by atoms with Gasteiger partial charge < -0.3 is 15.2 Å². The van der Waals surface area contributed by atoms with Gasteiger partial charge in [0.15, 0.2) is 5.78 Å². The van der Waals surface area contributed by atoms with Crippen molar-refractivity contribution >= 4 is 46.4 Å². The topological polar surface area (TPSA) is 95.9 Å². The number of carbonyl (C=O) groups excluding carboxylic acids is 2. The third kappa shape index (κ3) is 5.21. The summed E-state index contributed by atoms with van der Waals surface area (Å²) in [7, 11) is 1.55. The molecule has 1 aliphatic heterocycles. The predicted octanol–water partition coefficient (Wildman–Crippen LogP) is 7.43. The van der Waals surface area contributed by atoms with Gasteiger partial charge in [0, 0.05) is 27.1 Å². The Bertz CT molecular complexity index is 1590. The highest BCUT2D eigenvalue weighted by Gasteiger charge is 2.65. The number of halogens is 1. The molecule has 41 heavy (non-hydrogen) atoms. The average Bonchev–Trinajstić information content (AvgIpc) is 3.58. The number of thiophene rings is 1. The number of Topliss-reactive ketones (excluding diaryl/α,β-unsaturated/α-hetero) is 1. The second-order valence-corrected chi connectivity index (χ2v) is 11.6. The lowest BCUT2D eigenvalue weighted by Gasteiger charge is -2.37. The van der Waals surface area contributed by atoms with Crippen LogP contribution in [-0.4, -0.2) is 40.4 Å². The zero-order valence-corrected chi connectivity index (χ0v) is 24.3. The van der Waals surface area contributed by atoms with Crippen LogP contribution in [0.2, 0.25) is 5.02 Å². The smallest absolute Gasteiger partial charge is 0.330 e. The van der Waals surface area contributed by atoms with Crippen LogP contribution in [0.4, 0.5) is 10.5 Å². The molecule has 5 rings (SSSR count). The molecule has 0 radical (unpaired) electrons. The number of rotatable bonds is 7. The summed E-state index contributed by atoms with van der Waals surface area (Å²) in [6.45, 7) is 3.45. The minimum absolute atomic E-state index is 0.287. The molecule has 0 saturated carbocycles. The van der Waals surface area contributed by atoms with Crippen molar-refractivity contribution in [2.24, 2.45) is 5.92 Å². The first-order chi connectivity index (χ1) is 19.6. The fourth-order valence-corrected chi connectivity index (χ4v) is 7.01. The summed E-state index contributed by atoms with van der Waals surface area (Å²) in [5, 5.41) is 16.0. The number of hydrogen-bond donors (Lipinski definition) is 2. The molecule has 1 fully saturated rings. The SMILES string of the molecule is COc1ccc(NC(=O)N2C(c3cccc(C)c3)C(C(=O)c3cccc(Cl)c3)C(c3cccs3)C2(C)C(=O)O)cc1. The molecule has 4 aromatic rings. The molecule has 0 spiro atoms. The van der Waals surface area contributed by atoms with E-state index in [1.807, 2.05) is 48.7 Å². The monoisotopic (exact) mass is 588 g/mol. The van der Waals surface area contributed by atoms with Crippen LogP contribution in [0.25, 0.3) is 0 Å². The predicted molar refractivity (Wildman–Crippen MR) is 160 cm³/mol. The zero-order chi connectivity index (χ0) is 29.3. The van der Waals surface area contributed by atoms with Crippen molar-refractivity contribution in [1.29, 1.82) is 0 Å². The third-order valence-electron chi connectivity index (χ3n) is 7.72.